The second kappa shape index (κ2) is 10.2. The molecule has 0 bridgehead atoms. The molecule has 34 heavy (non-hydrogen) atoms. The molecule has 1 aromatic heterocycles. The van der Waals surface area contributed by atoms with Gasteiger partial charge in [-0.05, 0) is 54.4 Å². The number of nitrogens with one attached hydrogen (secondary N) is 1. The minimum absolute atomic E-state index is 0.109. The molecular formula is C27H28N4O2S. The number of imidazole rings is 1. The molecule has 0 radical (unpaired) electrons. The van der Waals surface area contributed by atoms with Gasteiger partial charge in [0, 0.05) is 43.2 Å². The summed E-state index contributed by atoms with van der Waals surface area (Å²) in [6.45, 7) is 3.21. The zero-order chi connectivity index (χ0) is 23.3. The van der Waals surface area contributed by atoms with Crippen molar-refractivity contribution in [1.82, 2.24) is 14.9 Å². The number of hydrogen-bond donors (Lipinski definition) is 1. The lowest BCUT2D eigenvalue weighted by atomic mass is 10.1. The summed E-state index contributed by atoms with van der Waals surface area (Å²) in [5.74, 6) is 1.65. The summed E-state index contributed by atoms with van der Waals surface area (Å²) < 4.78 is 5.27. The standard InChI is InChI=1S/C27H28N4O2S/c1-33-22-13-11-21(12-14-22)30-15-6-16-31(18-17-30)26(32)23-8-3-2-7-20(23)19-34-27-28-24-9-4-5-10-25(24)29-27/h2-5,7-14H,6,15-19H2,1H3,(H,28,29). The van der Waals surface area contributed by atoms with Gasteiger partial charge < -0.3 is 19.5 Å². The number of carbonyl (C=O) groups excluding carboxylic acids is 1. The van der Waals surface area contributed by atoms with Gasteiger partial charge in [0.15, 0.2) is 5.16 Å². The molecule has 7 heteroatoms. The molecule has 0 spiro atoms. The Kier molecular flexibility index (Phi) is 6.72. The van der Waals surface area contributed by atoms with E-state index >= 15 is 0 Å². The zero-order valence-electron chi connectivity index (χ0n) is 19.2. The van der Waals surface area contributed by atoms with Crippen molar-refractivity contribution in [2.45, 2.75) is 17.3 Å². The van der Waals surface area contributed by atoms with Crippen LogP contribution in [0.15, 0.2) is 78.0 Å². The van der Waals surface area contributed by atoms with Crippen LogP contribution in [-0.2, 0) is 5.75 Å². The molecule has 1 aliphatic heterocycles. The van der Waals surface area contributed by atoms with Gasteiger partial charge in [0.2, 0.25) is 0 Å². The van der Waals surface area contributed by atoms with Gasteiger partial charge in [-0.15, -0.1) is 0 Å². The van der Waals surface area contributed by atoms with E-state index in [2.05, 4.69) is 27.0 Å². The van der Waals surface area contributed by atoms with Crippen molar-refractivity contribution in [2.24, 2.45) is 0 Å². The van der Waals surface area contributed by atoms with E-state index in [4.69, 9.17) is 4.74 Å². The fourth-order valence-electron chi connectivity index (χ4n) is 4.34. The number of aromatic amines is 1. The largest absolute Gasteiger partial charge is 0.497 e. The van der Waals surface area contributed by atoms with Crippen LogP contribution in [0.2, 0.25) is 0 Å². The minimum Gasteiger partial charge on any atom is -0.497 e. The second-order valence-corrected chi connectivity index (χ2v) is 9.30. The molecule has 0 saturated carbocycles. The first-order valence-corrected chi connectivity index (χ1v) is 12.5. The maximum Gasteiger partial charge on any atom is 0.254 e. The van der Waals surface area contributed by atoms with Gasteiger partial charge in [-0.3, -0.25) is 4.79 Å². The Morgan fingerprint density at radius 1 is 0.971 bits per heavy atom. The van der Waals surface area contributed by atoms with Gasteiger partial charge in [-0.1, -0.05) is 42.1 Å². The quantitative estimate of drug-likeness (QED) is 0.390. The number of aromatic nitrogens is 2. The molecule has 174 valence electrons. The summed E-state index contributed by atoms with van der Waals surface area (Å²) in [5, 5.41) is 0.869. The van der Waals surface area contributed by atoms with E-state index < -0.39 is 0 Å². The third kappa shape index (κ3) is 4.89. The Balaban J connectivity index is 1.26. The molecule has 0 aliphatic carbocycles. The maximum absolute atomic E-state index is 13.5. The molecule has 1 fully saturated rings. The van der Waals surface area contributed by atoms with Crippen LogP contribution in [0.25, 0.3) is 11.0 Å². The topological polar surface area (TPSA) is 61.5 Å². The Morgan fingerprint density at radius 3 is 2.59 bits per heavy atom. The van der Waals surface area contributed by atoms with Crippen LogP contribution in [0, 0.1) is 0 Å². The first-order valence-electron chi connectivity index (χ1n) is 11.5. The van der Waals surface area contributed by atoms with E-state index in [9.17, 15) is 4.79 Å². The third-order valence-corrected chi connectivity index (χ3v) is 7.12. The number of para-hydroxylation sites is 2. The fraction of sp³-hybridized carbons (Fsp3) is 0.259. The molecule has 1 N–H and O–H groups in total. The van der Waals surface area contributed by atoms with Gasteiger partial charge in [0.1, 0.15) is 5.75 Å². The number of fused-ring (bicyclic) bond motifs is 1. The third-order valence-electron chi connectivity index (χ3n) is 6.20. The van der Waals surface area contributed by atoms with Crippen LogP contribution in [0.3, 0.4) is 0 Å². The van der Waals surface area contributed by atoms with Crippen molar-refractivity contribution in [3.8, 4) is 5.75 Å². The second-order valence-electron chi connectivity index (χ2n) is 8.34. The monoisotopic (exact) mass is 472 g/mol. The van der Waals surface area contributed by atoms with Crippen LogP contribution in [0.1, 0.15) is 22.3 Å². The van der Waals surface area contributed by atoms with E-state index in [-0.39, 0.29) is 5.91 Å². The highest BCUT2D eigenvalue weighted by molar-refractivity contribution is 7.98. The molecular weight excluding hydrogens is 444 g/mol. The number of amides is 1. The lowest BCUT2D eigenvalue weighted by molar-refractivity contribution is 0.0766. The molecule has 1 saturated heterocycles. The number of carbonyl (C=O) groups is 1. The van der Waals surface area contributed by atoms with E-state index in [1.54, 1.807) is 18.9 Å². The van der Waals surface area contributed by atoms with Crippen LogP contribution >= 0.6 is 11.8 Å². The molecule has 0 unspecified atom stereocenters. The lowest BCUT2D eigenvalue weighted by Crippen LogP contribution is -2.35. The molecule has 0 atom stereocenters. The highest BCUT2D eigenvalue weighted by atomic mass is 32.2. The van der Waals surface area contributed by atoms with Crippen molar-refractivity contribution in [1.29, 1.82) is 0 Å². The number of benzene rings is 3. The van der Waals surface area contributed by atoms with Crippen molar-refractivity contribution < 1.29 is 9.53 Å². The van der Waals surface area contributed by atoms with Crippen molar-refractivity contribution in [3.63, 3.8) is 0 Å². The van der Waals surface area contributed by atoms with Crippen LogP contribution in [-0.4, -0.2) is 54.1 Å². The molecule has 4 aromatic rings. The number of thioether (sulfide) groups is 1. The summed E-state index contributed by atoms with van der Waals surface area (Å²) in [6, 6.07) is 24.1. The fourth-order valence-corrected chi connectivity index (χ4v) is 5.23. The van der Waals surface area contributed by atoms with Gasteiger partial charge in [-0.2, -0.15) is 0 Å². The predicted molar refractivity (Wildman–Crippen MR) is 138 cm³/mol. The highest BCUT2D eigenvalue weighted by Crippen LogP contribution is 2.26. The van der Waals surface area contributed by atoms with E-state index in [1.165, 1.54) is 0 Å². The summed E-state index contributed by atoms with van der Waals surface area (Å²) in [4.78, 5) is 25.9. The number of nitrogens with zero attached hydrogens (tertiary/aromatic N) is 3. The summed E-state index contributed by atoms with van der Waals surface area (Å²) >= 11 is 1.63. The smallest absolute Gasteiger partial charge is 0.254 e. The summed E-state index contributed by atoms with van der Waals surface area (Å²) in [7, 11) is 1.68. The Bertz CT molecular complexity index is 1240. The van der Waals surface area contributed by atoms with E-state index in [0.717, 1.165) is 64.8 Å². The van der Waals surface area contributed by atoms with Crippen LogP contribution < -0.4 is 9.64 Å². The maximum atomic E-state index is 13.5. The van der Waals surface area contributed by atoms with E-state index in [1.807, 2.05) is 65.6 Å². The van der Waals surface area contributed by atoms with Crippen LogP contribution in [0.5, 0.6) is 5.75 Å². The van der Waals surface area contributed by atoms with E-state index in [0.29, 0.717) is 12.3 Å². The SMILES string of the molecule is COc1ccc(N2CCCN(C(=O)c3ccccc3CSc3nc4ccccc4[nH]3)CC2)cc1. The average Bonchev–Trinajstić information content (AvgIpc) is 3.15. The molecule has 6 nitrogen and oxygen atoms in total. The number of hydrogen-bond acceptors (Lipinski definition) is 5. The van der Waals surface area contributed by atoms with Crippen LogP contribution in [0.4, 0.5) is 5.69 Å². The Labute approximate surface area is 203 Å². The van der Waals surface area contributed by atoms with Gasteiger partial charge in [0.25, 0.3) is 5.91 Å². The summed E-state index contributed by atoms with van der Waals surface area (Å²) in [6.07, 6.45) is 0.938. The highest BCUT2D eigenvalue weighted by Gasteiger charge is 2.22. The predicted octanol–water partition coefficient (Wildman–Crippen LogP) is 5.22. The number of ether oxygens (including phenoxy) is 1. The molecule has 3 aromatic carbocycles. The van der Waals surface area contributed by atoms with Gasteiger partial charge >= 0.3 is 0 Å². The average molecular weight is 473 g/mol. The minimum atomic E-state index is 0.109. The molecule has 1 aliphatic rings. The molecule has 1 amide bonds. The number of rotatable bonds is 6. The normalized spacial score (nSPS) is 14.3. The van der Waals surface area contributed by atoms with Crippen molar-refractivity contribution in [2.75, 3.05) is 38.2 Å². The Hall–Kier alpha value is -3.45. The number of H-pyrrole nitrogens is 1. The molecule has 2 heterocycles. The lowest BCUT2D eigenvalue weighted by Gasteiger charge is -2.24. The Morgan fingerprint density at radius 2 is 1.76 bits per heavy atom. The van der Waals surface area contributed by atoms with Gasteiger partial charge in [-0.25, -0.2) is 4.98 Å². The number of methoxy groups -OCH3 is 1. The van der Waals surface area contributed by atoms with Crippen molar-refractivity contribution in [3.05, 3.63) is 83.9 Å². The number of anilines is 1. The first kappa shape index (κ1) is 22.3. The molecule has 5 rings (SSSR count). The summed E-state index contributed by atoms with van der Waals surface area (Å²) in [5.41, 5.74) is 4.97. The van der Waals surface area contributed by atoms with Crippen molar-refractivity contribution >= 4 is 34.4 Å². The zero-order valence-corrected chi connectivity index (χ0v) is 20.1. The first-order chi connectivity index (χ1) is 16.7. The van der Waals surface area contributed by atoms with Gasteiger partial charge in [0.05, 0.1) is 18.1 Å².